The third-order valence-corrected chi connectivity index (χ3v) is 2.62. The second kappa shape index (κ2) is 7.29. The minimum atomic E-state index is 1.50. The standard InChI is InChI=1S/C7H14.C3H3NS/c1-2-4-6-7-5-3-1;1-2-5-3-4-1/h1-7H2;1-3H. The maximum Gasteiger partial charge on any atom is 0.0791 e. The molecule has 1 nitrogen and oxygen atoms in total. The van der Waals surface area contributed by atoms with Gasteiger partial charge in [-0.1, -0.05) is 44.9 Å². The molecule has 1 aliphatic rings. The molecular weight excluding hydrogens is 166 g/mol. The Labute approximate surface area is 78.8 Å². The lowest BCUT2D eigenvalue weighted by Crippen LogP contribution is -1.66. The maximum absolute atomic E-state index is 3.74. The van der Waals surface area contributed by atoms with E-state index >= 15 is 0 Å². The topological polar surface area (TPSA) is 12.9 Å². The Kier molecular flexibility index (Phi) is 5.90. The monoisotopic (exact) mass is 183 g/mol. The molecule has 68 valence electrons. The molecule has 0 unspecified atom stereocenters. The van der Waals surface area contributed by atoms with E-state index in [-0.39, 0.29) is 0 Å². The molecule has 0 amide bonds. The fourth-order valence-corrected chi connectivity index (χ4v) is 1.76. The first-order chi connectivity index (χ1) is 6.00. The predicted molar refractivity (Wildman–Crippen MR) is 54.4 cm³/mol. The van der Waals surface area contributed by atoms with E-state index in [1.165, 1.54) is 44.9 Å². The zero-order chi connectivity index (χ0) is 8.49. The highest BCUT2D eigenvalue weighted by Crippen LogP contribution is 2.15. The lowest BCUT2D eigenvalue weighted by atomic mass is 10.2. The molecule has 2 heteroatoms. The summed E-state index contributed by atoms with van der Waals surface area (Å²) in [5.74, 6) is 0. The normalized spacial score (nSPS) is 17.3. The molecule has 0 aromatic carbocycles. The fourth-order valence-electron chi connectivity index (χ4n) is 1.41. The van der Waals surface area contributed by atoms with Crippen LogP contribution in [-0.4, -0.2) is 4.98 Å². The zero-order valence-corrected chi connectivity index (χ0v) is 8.35. The van der Waals surface area contributed by atoms with Gasteiger partial charge in [0.1, 0.15) is 0 Å². The minimum Gasteiger partial charge on any atom is -0.253 e. The van der Waals surface area contributed by atoms with E-state index in [4.69, 9.17) is 0 Å². The second-order valence-corrected chi connectivity index (χ2v) is 3.91. The molecule has 12 heavy (non-hydrogen) atoms. The van der Waals surface area contributed by atoms with Gasteiger partial charge in [-0.15, -0.1) is 11.3 Å². The number of rotatable bonds is 0. The number of thiazole rings is 1. The predicted octanol–water partition coefficient (Wildman–Crippen LogP) is 3.87. The minimum absolute atomic E-state index is 1.50. The van der Waals surface area contributed by atoms with Gasteiger partial charge in [0.15, 0.2) is 0 Å². The van der Waals surface area contributed by atoms with Crippen molar-refractivity contribution in [3.8, 4) is 0 Å². The third-order valence-electron chi connectivity index (χ3n) is 2.10. The van der Waals surface area contributed by atoms with Crippen LogP contribution in [0.5, 0.6) is 0 Å². The van der Waals surface area contributed by atoms with Crippen LogP contribution in [0.2, 0.25) is 0 Å². The first-order valence-corrected chi connectivity index (χ1v) is 5.76. The average molecular weight is 183 g/mol. The van der Waals surface area contributed by atoms with E-state index in [0.29, 0.717) is 0 Å². The van der Waals surface area contributed by atoms with Crippen LogP contribution in [0, 0.1) is 0 Å². The van der Waals surface area contributed by atoms with Gasteiger partial charge < -0.3 is 0 Å². The quantitative estimate of drug-likeness (QED) is 0.556. The van der Waals surface area contributed by atoms with Crippen molar-refractivity contribution in [2.24, 2.45) is 0 Å². The number of hydrogen-bond acceptors (Lipinski definition) is 2. The molecule has 1 aromatic rings. The summed E-state index contributed by atoms with van der Waals surface area (Å²) in [5, 5.41) is 1.93. The zero-order valence-electron chi connectivity index (χ0n) is 7.54. The van der Waals surface area contributed by atoms with Crippen LogP contribution in [0.15, 0.2) is 17.1 Å². The van der Waals surface area contributed by atoms with Gasteiger partial charge in [0, 0.05) is 11.6 Å². The van der Waals surface area contributed by atoms with Crippen molar-refractivity contribution in [1.29, 1.82) is 0 Å². The summed E-state index contributed by atoms with van der Waals surface area (Å²) >= 11 is 1.60. The molecule has 1 aromatic heterocycles. The summed E-state index contributed by atoms with van der Waals surface area (Å²) in [6, 6.07) is 0. The van der Waals surface area contributed by atoms with Gasteiger partial charge in [0.25, 0.3) is 0 Å². The molecule has 1 aliphatic carbocycles. The van der Waals surface area contributed by atoms with Gasteiger partial charge in [0.2, 0.25) is 0 Å². The summed E-state index contributed by atoms with van der Waals surface area (Å²) in [7, 11) is 0. The van der Waals surface area contributed by atoms with Gasteiger partial charge in [-0.3, -0.25) is 4.98 Å². The summed E-state index contributed by atoms with van der Waals surface area (Å²) in [5.41, 5.74) is 1.79. The Hall–Kier alpha value is -0.370. The Balaban J connectivity index is 0.000000127. The number of aromatic nitrogens is 1. The summed E-state index contributed by atoms with van der Waals surface area (Å²) < 4.78 is 0. The molecule has 0 spiro atoms. The van der Waals surface area contributed by atoms with Crippen LogP contribution < -0.4 is 0 Å². The van der Waals surface area contributed by atoms with Crippen molar-refractivity contribution in [3.05, 3.63) is 17.1 Å². The molecule has 1 saturated carbocycles. The Morgan fingerprint density at radius 1 is 0.833 bits per heavy atom. The molecule has 2 rings (SSSR count). The largest absolute Gasteiger partial charge is 0.253 e. The fraction of sp³-hybridized carbons (Fsp3) is 0.700. The van der Waals surface area contributed by atoms with Crippen molar-refractivity contribution >= 4 is 11.3 Å². The third kappa shape index (κ3) is 5.30. The van der Waals surface area contributed by atoms with Crippen LogP contribution in [-0.2, 0) is 0 Å². The van der Waals surface area contributed by atoms with Crippen LogP contribution in [0.25, 0.3) is 0 Å². The smallest absolute Gasteiger partial charge is 0.0791 e. The lowest BCUT2D eigenvalue weighted by Gasteiger charge is -1.85. The van der Waals surface area contributed by atoms with E-state index < -0.39 is 0 Å². The molecule has 0 aliphatic heterocycles. The SMILES string of the molecule is C1CCCCCC1.c1cscn1. The maximum atomic E-state index is 3.74. The summed E-state index contributed by atoms with van der Waals surface area (Å²) in [6.45, 7) is 0. The lowest BCUT2D eigenvalue weighted by molar-refractivity contribution is 0.702. The van der Waals surface area contributed by atoms with Gasteiger partial charge >= 0.3 is 0 Å². The molecule has 1 heterocycles. The molecule has 0 atom stereocenters. The molecular formula is C10H17NS. The van der Waals surface area contributed by atoms with Gasteiger partial charge in [0.05, 0.1) is 5.51 Å². The van der Waals surface area contributed by atoms with E-state index in [0.717, 1.165) is 0 Å². The van der Waals surface area contributed by atoms with Crippen molar-refractivity contribution < 1.29 is 0 Å². The highest BCUT2D eigenvalue weighted by molar-refractivity contribution is 7.07. The Morgan fingerprint density at radius 3 is 1.50 bits per heavy atom. The highest BCUT2D eigenvalue weighted by Gasteiger charge is 1.95. The van der Waals surface area contributed by atoms with Gasteiger partial charge in [-0.25, -0.2) is 0 Å². The van der Waals surface area contributed by atoms with Crippen molar-refractivity contribution in [1.82, 2.24) is 4.98 Å². The number of hydrogen-bond donors (Lipinski definition) is 0. The van der Waals surface area contributed by atoms with Crippen molar-refractivity contribution in [3.63, 3.8) is 0 Å². The van der Waals surface area contributed by atoms with E-state index in [9.17, 15) is 0 Å². The molecule has 0 saturated heterocycles. The first-order valence-electron chi connectivity index (χ1n) is 4.82. The van der Waals surface area contributed by atoms with E-state index in [1.807, 2.05) is 5.38 Å². The molecule has 0 radical (unpaired) electrons. The summed E-state index contributed by atoms with van der Waals surface area (Å²) in [6.07, 6.45) is 12.3. The Morgan fingerprint density at radius 2 is 1.33 bits per heavy atom. The van der Waals surface area contributed by atoms with Crippen molar-refractivity contribution in [2.75, 3.05) is 0 Å². The van der Waals surface area contributed by atoms with Crippen molar-refractivity contribution in [2.45, 2.75) is 44.9 Å². The average Bonchev–Trinajstić information content (AvgIpc) is 2.54. The molecule has 0 N–H and O–H groups in total. The summed E-state index contributed by atoms with van der Waals surface area (Å²) in [4.78, 5) is 3.74. The molecule has 0 bridgehead atoms. The van der Waals surface area contributed by atoms with Gasteiger partial charge in [-0.2, -0.15) is 0 Å². The van der Waals surface area contributed by atoms with Crippen LogP contribution in [0.1, 0.15) is 44.9 Å². The van der Waals surface area contributed by atoms with E-state index in [2.05, 4.69) is 4.98 Å². The van der Waals surface area contributed by atoms with Crippen LogP contribution in [0.3, 0.4) is 0 Å². The molecule has 1 fully saturated rings. The Bertz CT molecular complexity index is 123. The van der Waals surface area contributed by atoms with Gasteiger partial charge in [-0.05, 0) is 0 Å². The van der Waals surface area contributed by atoms with E-state index in [1.54, 1.807) is 23.0 Å². The second-order valence-electron chi connectivity index (χ2n) is 3.15. The highest BCUT2D eigenvalue weighted by atomic mass is 32.1. The number of nitrogens with zero attached hydrogens (tertiary/aromatic N) is 1. The van der Waals surface area contributed by atoms with Crippen LogP contribution in [0.4, 0.5) is 0 Å². The van der Waals surface area contributed by atoms with Crippen LogP contribution >= 0.6 is 11.3 Å². The first kappa shape index (κ1) is 9.72.